The van der Waals surface area contributed by atoms with Gasteiger partial charge >= 0.3 is 0 Å². The van der Waals surface area contributed by atoms with E-state index < -0.39 is 0 Å². The number of aryl methyl sites for hydroxylation is 1. The minimum Gasteiger partial charge on any atom is -0.312 e. The number of benzene rings is 1. The van der Waals surface area contributed by atoms with Crippen LogP contribution in [-0.2, 0) is 6.54 Å². The Morgan fingerprint density at radius 1 is 1.33 bits per heavy atom. The first kappa shape index (κ1) is 12.6. The third-order valence-corrected chi connectivity index (χ3v) is 3.13. The van der Waals surface area contributed by atoms with Gasteiger partial charge in [-0.05, 0) is 42.8 Å². The molecule has 0 saturated carbocycles. The molecule has 1 nitrogen and oxygen atoms in total. The lowest BCUT2D eigenvalue weighted by atomic mass is 10.1. The van der Waals surface area contributed by atoms with Crippen LogP contribution in [-0.4, -0.2) is 12.8 Å². The maximum absolute atomic E-state index is 3.48. The van der Waals surface area contributed by atoms with Crippen molar-refractivity contribution in [1.82, 2.24) is 5.32 Å². The van der Waals surface area contributed by atoms with Gasteiger partial charge < -0.3 is 5.32 Å². The van der Waals surface area contributed by atoms with Crippen LogP contribution in [0.5, 0.6) is 0 Å². The molecule has 1 aromatic carbocycles. The van der Waals surface area contributed by atoms with Crippen molar-refractivity contribution in [3.05, 3.63) is 29.3 Å². The Kier molecular flexibility index (Phi) is 5.20. The van der Waals surface area contributed by atoms with E-state index in [0.717, 1.165) is 13.1 Å². The first-order valence-electron chi connectivity index (χ1n) is 5.47. The van der Waals surface area contributed by atoms with Crippen LogP contribution in [0.2, 0.25) is 0 Å². The van der Waals surface area contributed by atoms with E-state index in [2.05, 4.69) is 50.5 Å². The van der Waals surface area contributed by atoms with Gasteiger partial charge in [0.25, 0.3) is 0 Å². The number of nitrogens with one attached hydrogen (secondary N) is 1. The standard InChI is InChI=1S/C13H21NS/c1-10(2)8-14-9-12-6-5-11(3)7-13(12)15-4/h5-7,10,14H,8-9H2,1-4H3. The van der Waals surface area contributed by atoms with E-state index in [1.165, 1.54) is 16.0 Å². The van der Waals surface area contributed by atoms with Gasteiger partial charge in [0.15, 0.2) is 0 Å². The predicted octanol–water partition coefficient (Wildman–Crippen LogP) is 3.46. The van der Waals surface area contributed by atoms with E-state index in [1.54, 1.807) is 0 Å². The topological polar surface area (TPSA) is 12.0 Å². The Balaban J connectivity index is 2.60. The third-order valence-electron chi connectivity index (χ3n) is 2.31. The highest BCUT2D eigenvalue weighted by Crippen LogP contribution is 2.21. The number of rotatable bonds is 5. The summed E-state index contributed by atoms with van der Waals surface area (Å²) in [7, 11) is 0. The average molecular weight is 223 g/mol. The van der Waals surface area contributed by atoms with Crippen LogP contribution < -0.4 is 5.32 Å². The van der Waals surface area contributed by atoms with Gasteiger partial charge in [0.1, 0.15) is 0 Å². The summed E-state index contributed by atoms with van der Waals surface area (Å²) in [4.78, 5) is 1.39. The molecule has 1 aromatic rings. The molecule has 0 atom stereocenters. The average Bonchev–Trinajstić information content (AvgIpc) is 2.19. The second-order valence-corrected chi connectivity index (χ2v) is 5.19. The molecular weight excluding hydrogens is 202 g/mol. The Bertz CT molecular complexity index is 307. The fourth-order valence-electron chi connectivity index (χ4n) is 1.49. The molecule has 1 rings (SSSR count). The van der Waals surface area contributed by atoms with Crippen molar-refractivity contribution in [1.29, 1.82) is 0 Å². The monoisotopic (exact) mass is 223 g/mol. The van der Waals surface area contributed by atoms with Crippen molar-refractivity contribution < 1.29 is 0 Å². The van der Waals surface area contributed by atoms with Crippen molar-refractivity contribution in [2.75, 3.05) is 12.8 Å². The van der Waals surface area contributed by atoms with E-state index in [9.17, 15) is 0 Å². The van der Waals surface area contributed by atoms with Gasteiger partial charge in [0, 0.05) is 11.4 Å². The van der Waals surface area contributed by atoms with E-state index in [1.807, 2.05) is 11.8 Å². The summed E-state index contributed by atoms with van der Waals surface area (Å²) in [5.41, 5.74) is 2.75. The molecule has 0 unspecified atom stereocenters. The molecule has 0 aliphatic heterocycles. The molecule has 0 bridgehead atoms. The largest absolute Gasteiger partial charge is 0.312 e. The van der Waals surface area contributed by atoms with E-state index in [0.29, 0.717) is 5.92 Å². The molecule has 0 heterocycles. The summed E-state index contributed by atoms with van der Waals surface area (Å²) >= 11 is 1.83. The maximum atomic E-state index is 3.48. The van der Waals surface area contributed by atoms with Crippen LogP contribution in [0.3, 0.4) is 0 Å². The van der Waals surface area contributed by atoms with Gasteiger partial charge in [-0.25, -0.2) is 0 Å². The van der Waals surface area contributed by atoms with Crippen molar-refractivity contribution >= 4 is 11.8 Å². The van der Waals surface area contributed by atoms with Crippen LogP contribution in [0.1, 0.15) is 25.0 Å². The van der Waals surface area contributed by atoms with Crippen molar-refractivity contribution in [3.8, 4) is 0 Å². The van der Waals surface area contributed by atoms with Gasteiger partial charge in [-0.2, -0.15) is 0 Å². The molecule has 15 heavy (non-hydrogen) atoms. The van der Waals surface area contributed by atoms with E-state index in [-0.39, 0.29) is 0 Å². The van der Waals surface area contributed by atoms with Gasteiger partial charge in [0.2, 0.25) is 0 Å². The summed E-state index contributed by atoms with van der Waals surface area (Å²) in [6.07, 6.45) is 2.14. The van der Waals surface area contributed by atoms with Crippen LogP contribution >= 0.6 is 11.8 Å². The maximum Gasteiger partial charge on any atom is 0.0216 e. The van der Waals surface area contributed by atoms with E-state index in [4.69, 9.17) is 0 Å². The smallest absolute Gasteiger partial charge is 0.0216 e. The highest BCUT2D eigenvalue weighted by Gasteiger charge is 2.01. The lowest BCUT2D eigenvalue weighted by Crippen LogP contribution is -2.19. The normalized spacial score (nSPS) is 11.0. The highest BCUT2D eigenvalue weighted by atomic mass is 32.2. The van der Waals surface area contributed by atoms with Gasteiger partial charge in [-0.1, -0.05) is 26.0 Å². The molecule has 2 heteroatoms. The van der Waals surface area contributed by atoms with E-state index >= 15 is 0 Å². The third kappa shape index (κ3) is 4.27. The first-order valence-corrected chi connectivity index (χ1v) is 6.70. The minimum absolute atomic E-state index is 0.716. The van der Waals surface area contributed by atoms with Crippen molar-refractivity contribution in [2.24, 2.45) is 5.92 Å². The Morgan fingerprint density at radius 3 is 2.67 bits per heavy atom. The Hall–Kier alpha value is -0.470. The lowest BCUT2D eigenvalue weighted by Gasteiger charge is -2.11. The lowest BCUT2D eigenvalue weighted by molar-refractivity contribution is 0.550. The van der Waals surface area contributed by atoms with Gasteiger partial charge in [-0.15, -0.1) is 11.8 Å². The zero-order chi connectivity index (χ0) is 11.3. The summed E-state index contributed by atoms with van der Waals surface area (Å²) in [5, 5.41) is 3.48. The van der Waals surface area contributed by atoms with Crippen LogP contribution in [0, 0.1) is 12.8 Å². The molecular formula is C13H21NS. The fourth-order valence-corrected chi connectivity index (χ4v) is 2.20. The summed E-state index contributed by atoms with van der Waals surface area (Å²) < 4.78 is 0. The molecule has 1 N–H and O–H groups in total. The van der Waals surface area contributed by atoms with Crippen molar-refractivity contribution in [2.45, 2.75) is 32.2 Å². The minimum atomic E-state index is 0.716. The SMILES string of the molecule is CSc1cc(C)ccc1CNCC(C)C. The van der Waals surface area contributed by atoms with Gasteiger partial charge in [-0.3, -0.25) is 0 Å². The molecule has 0 radical (unpaired) electrons. The Morgan fingerprint density at radius 2 is 2.07 bits per heavy atom. The molecule has 0 spiro atoms. The highest BCUT2D eigenvalue weighted by molar-refractivity contribution is 7.98. The summed E-state index contributed by atoms with van der Waals surface area (Å²) in [6, 6.07) is 6.68. The quantitative estimate of drug-likeness (QED) is 0.767. The number of hydrogen-bond acceptors (Lipinski definition) is 2. The first-order chi connectivity index (χ1) is 7.13. The molecule has 0 aromatic heterocycles. The van der Waals surface area contributed by atoms with Gasteiger partial charge in [0.05, 0.1) is 0 Å². The van der Waals surface area contributed by atoms with Crippen LogP contribution in [0.4, 0.5) is 0 Å². The second kappa shape index (κ2) is 6.19. The molecule has 0 fully saturated rings. The van der Waals surface area contributed by atoms with Crippen LogP contribution in [0.25, 0.3) is 0 Å². The zero-order valence-electron chi connectivity index (χ0n) is 10.1. The van der Waals surface area contributed by atoms with Crippen molar-refractivity contribution in [3.63, 3.8) is 0 Å². The fraction of sp³-hybridized carbons (Fsp3) is 0.538. The molecule has 0 aliphatic rings. The second-order valence-electron chi connectivity index (χ2n) is 4.34. The Labute approximate surface area is 97.7 Å². The summed E-state index contributed by atoms with van der Waals surface area (Å²) in [6.45, 7) is 8.68. The summed E-state index contributed by atoms with van der Waals surface area (Å²) in [5.74, 6) is 0.716. The predicted molar refractivity (Wildman–Crippen MR) is 69.5 cm³/mol. The molecule has 0 amide bonds. The molecule has 84 valence electrons. The van der Waals surface area contributed by atoms with Crippen LogP contribution in [0.15, 0.2) is 23.1 Å². The molecule has 0 saturated heterocycles. The zero-order valence-corrected chi connectivity index (χ0v) is 10.9. The number of hydrogen-bond donors (Lipinski definition) is 1. The number of thioether (sulfide) groups is 1. The molecule has 0 aliphatic carbocycles.